The van der Waals surface area contributed by atoms with Crippen LogP contribution >= 0.6 is 0 Å². The van der Waals surface area contributed by atoms with Gasteiger partial charge in [0.25, 0.3) is 0 Å². The number of allylic oxidation sites excluding steroid dienone is 1. The Morgan fingerprint density at radius 2 is 1.94 bits per heavy atom. The van der Waals surface area contributed by atoms with Gasteiger partial charge in [-0.25, -0.2) is 0 Å². The van der Waals surface area contributed by atoms with E-state index in [0.29, 0.717) is 0 Å². The van der Waals surface area contributed by atoms with E-state index in [0.717, 1.165) is 25.2 Å². The van der Waals surface area contributed by atoms with Gasteiger partial charge in [0.1, 0.15) is 5.76 Å². The SMILES string of the molecule is CNC(C1=CCCCO1)c1ccc(N(C)C)cc1. The summed E-state index contributed by atoms with van der Waals surface area (Å²) < 4.78 is 5.75. The number of hydrogen-bond donors (Lipinski definition) is 1. The zero-order valence-electron chi connectivity index (χ0n) is 11.4. The first-order valence-electron chi connectivity index (χ1n) is 6.50. The minimum Gasteiger partial charge on any atom is -0.496 e. The third-order valence-corrected chi connectivity index (χ3v) is 3.28. The van der Waals surface area contributed by atoms with Crippen molar-refractivity contribution < 1.29 is 4.74 Å². The number of ether oxygens (including phenoxy) is 1. The van der Waals surface area contributed by atoms with E-state index < -0.39 is 0 Å². The lowest BCUT2D eigenvalue weighted by Gasteiger charge is -2.24. The maximum absolute atomic E-state index is 5.75. The van der Waals surface area contributed by atoms with Gasteiger partial charge in [0.2, 0.25) is 0 Å². The van der Waals surface area contributed by atoms with Crippen LogP contribution < -0.4 is 10.2 Å². The van der Waals surface area contributed by atoms with Gasteiger partial charge in [-0.1, -0.05) is 12.1 Å². The van der Waals surface area contributed by atoms with Crippen LogP contribution in [0.2, 0.25) is 0 Å². The minimum absolute atomic E-state index is 0.168. The number of nitrogens with zero attached hydrogens (tertiary/aromatic N) is 1. The summed E-state index contributed by atoms with van der Waals surface area (Å²) in [5.74, 6) is 1.06. The fourth-order valence-corrected chi connectivity index (χ4v) is 2.22. The number of anilines is 1. The molecule has 3 heteroatoms. The molecule has 0 spiro atoms. The van der Waals surface area contributed by atoms with Crippen molar-refractivity contribution in [3.63, 3.8) is 0 Å². The van der Waals surface area contributed by atoms with Crippen LogP contribution in [0, 0.1) is 0 Å². The molecule has 1 aromatic rings. The predicted octanol–water partition coefficient (Wildman–Crippen LogP) is 2.71. The van der Waals surface area contributed by atoms with Gasteiger partial charge in [-0.3, -0.25) is 0 Å². The standard InChI is InChI=1S/C15H22N2O/c1-16-15(14-6-4-5-11-18-14)12-7-9-13(10-8-12)17(2)3/h6-10,15-16H,4-5,11H2,1-3H3. The highest BCUT2D eigenvalue weighted by molar-refractivity contribution is 5.47. The molecule has 98 valence electrons. The number of benzene rings is 1. The summed E-state index contributed by atoms with van der Waals surface area (Å²) >= 11 is 0. The summed E-state index contributed by atoms with van der Waals surface area (Å²) in [4.78, 5) is 2.11. The van der Waals surface area contributed by atoms with Crippen LogP contribution in [0.5, 0.6) is 0 Å². The van der Waals surface area contributed by atoms with Crippen LogP contribution in [0.3, 0.4) is 0 Å². The zero-order chi connectivity index (χ0) is 13.0. The molecule has 1 aromatic carbocycles. The number of rotatable bonds is 4. The number of nitrogens with one attached hydrogen (secondary N) is 1. The summed E-state index contributed by atoms with van der Waals surface area (Å²) in [5, 5.41) is 3.33. The van der Waals surface area contributed by atoms with E-state index in [1.54, 1.807) is 0 Å². The van der Waals surface area contributed by atoms with Gasteiger partial charge in [0.05, 0.1) is 12.6 Å². The molecule has 0 saturated carbocycles. The normalized spacial score (nSPS) is 16.7. The molecule has 0 aliphatic carbocycles. The van der Waals surface area contributed by atoms with Crippen molar-refractivity contribution >= 4 is 5.69 Å². The van der Waals surface area contributed by atoms with E-state index in [-0.39, 0.29) is 6.04 Å². The lowest BCUT2D eigenvalue weighted by atomic mass is 10.0. The second-order valence-corrected chi connectivity index (χ2v) is 4.80. The summed E-state index contributed by atoms with van der Waals surface area (Å²) in [5.41, 5.74) is 2.46. The van der Waals surface area contributed by atoms with Crippen molar-refractivity contribution in [2.75, 3.05) is 32.6 Å². The van der Waals surface area contributed by atoms with Crippen molar-refractivity contribution in [1.29, 1.82) is 0 Å². The minimum atomic E-state index is 0.168. The Bertz CT molecular complexity index is 409. The van der Waals surface area contributed by atoms with Crippen LogP contribution in [-0.4, -0.2) is 27.7 Å². The van der Waals surface area contributed by atoms with Crippen LogP contribution in [0.4, 0.5) is 5.69 Å². The molecular weight excluding hydrogens is 224 g/mol. The van der Waals surface area contributed by atoms with E-state index in [1.165, 1.54) is 11.3 Å². The van der Waals surface area contributed by atoms with E-state index in [4.69, 9.17) is 4.74 Å². The van der Waals surface area contributed by atoms with Gasteiger partial charge in [-0.15, -0.1) is 0 Å². The Balaban J connectivity index is 2.19. The molecule has 0 fully saturated rings. The average Bonchev–Trinajstić information content (AvgIpc) is 2.41. The smallest absolute Gasteiger partial charge is 0.113 e. The molecule has 0 aromatic heterocycles. The molecule has 1 aliphatic heterocycles. The second kappa shape index (κ2) is 5.91. The molecule has 18 heavy (non-hydrogen) atoms. The third-order valence-electron chi connectivity index (χ3n) is 3.28. The largest absolute Gasteiger partial charge is 0.496 e. The Morgan fingerprint density at radius 3 is 2.44 bits per heavy atom. The van der Waals surface area contributed by atoms with Crippen molar-refractivity contribution in [1.82, 2.24) is 5.32 Å². The second-order valence-electron chi connectivity index (χ2n) is 4.80. The summed E-state index contributed by atoms with van der Waals surface area (Å²) in [6.07, 6.45) is 4.44. The molecule has 1 atom stereocenters. The van der Waals surface area contributed by atoms with Crippen LogP contribution in [-0.2, 0) is 4.74 Å². The Morgan fingerprint density at radius 1 is 1.22 bits per heavy atom. The van der Waals surface area contributed by atoms with Gasteiger partial charge < -0.3 is 15.0 Å². The van der Waals surface area contributed by atoms with Crippen LogP contribution in [0.1, 0.15) is 24.4 Å². The van der Waals surface area contributed by atoms with E-state index in [2.05, 4.69) is 54.7 Å². The summed E-state index contributed by atoms with van der Waals surface area (Å²) in [7, 11) is 6.08. The zero-order valence-corrected chi connectivity index (χ0v) is 11.4. The summed E-state index contributed by atoms with van der Waals surface area (Å²) in [6.45, 7) is 0.833. The van der Waals surface area contributed by atoms with E-state index in [1.807, 2.05) is 7.05 Å². The first kappa shape index (κ1) is 13.0. The lowest BCUT2D eigenvalue weighted by Crippen LogP contribution is -2.22. The molecule has 1 heterocycles. The highest BCUT2D eigenvalue weighted by atomic mass is 16.5. The van der Waals surface area contributed by atoms with Gasteiger partial charge in [0, 0.05) is 19.8 Å². The molecular formula is C15H22N2O. The van der Waals surface area contributed by atoms with E-state index in [9.17, 15) is 0 Å². The molecule has 3 nitrogen and oxygen atoms in total. The number of hydrogen-bond acceptors (Lipinski definition) is 3. The van der Waals surface area contributed by atoms with Crippen molar-refractivity contribution in [3.8, 4) is 0 Å². The third kappa shape index (κ3) is 2.85. The topological polar surface area (TPSA) is 24.5 Å². The fraction of sp³-hybridized carbons (Fsp3) is 0.467. The van der Waals surface area contributed by atoms with Crippen molar-refractivity contribution in [2.45, 2.75) is 18.9 Å². The quantitative estimate of drug-likeness (QED) is 0.884. The summed E-state index contributed by atoms with van der Waals surface area (Å²) in [6, 6.07) is 8.78. The van der Waals surface area contributed by atoms with Gasteiger partial charge in [-0.2, -0.15) is 0 Å². The number of likely N-dealkylation sites (N-methyl/N-ethyl adjacent to an activating group) is 1. The molecule has 1 N–H and O–H groups in total. The molecule has 0 radical (unpaired) electrons. The lowest BCUT2D eigenvalue weighted by molar-refractivity contribution is 0.169. The first-order chi connectivity index (χ1) is 8.72. The first-order valence-corrected chi connectivity index (χ1v) is 6.50. The van der Waals surface area contributed by atoms with Crippen molar-refractivity contribution in [3.05, 3.63) is 41.7 Å². The van der Waals surface area contributed by atoms with E-state index >= 15 is 0 Å². The molecule has 0 saturated heterocycles. The van der Waals surface area contributed by atoms with Crippen molar-refractivity contribution in [2.24, 2.45) is 0 Å². The Hall–Kier alpha value is -1.48. The van der Waals surface area contributed by atoms with Gasteiger partial charge >= 0.3 is 0 Å². The fourth-order valence-electron chi connectivity index (χ4n) is 2.22. The molecule has 2 rings (SSSR count). The molecule has 1 unspecified atom stereocenters. The van der Waals surface area contributed by atoms with Gasteiger partial charge in [-0.05, 0) is 43.7 Å². The van der Waals surface area contributed by atoms with Gasteiger partial charge in [0.15, 0.2) is 0 Å². The van der Waals surface area contributed by atoms with Crippen LogP contribution in [0.25, 0.3) is 0 Å². The predicted molar refractivity (Wildman–Crippen MR) is 75.8 cm³/mol. The average molecular weight is 246 g/mol. The Kier molecular flexibility index (Phi) is 4.26. The highest BCUT2D eigenvalue weighted by Gasteiger charge is 2.18. The molecule has 1 aliphatic rings. The molecule has 0 amide bonds. The Labute approximate surface area is 109 Å². The monoisotopic (exact) mass is 246 g/mol. The highest BCUT2D eigenvalue weighted by Crippen LogP contribution is 2.27. The maximum Gasteiger partial charge on any atom is 0.113 e. The van der Waals surface area contributed by atoms with Crippen LogP contribution in [0.15, 0.2) is 36.1 Å². The molecule has 0 bridgehead atoms. The maximum atomic E-state index is 5.75.